The van der Waals surface area contributed by atoms with Crippen molar-refractivity contribution in [1.29, 1.82) is 0 Å². The zero-order valence-corrected chi connectivity index (χ0v) is 14.9. The minimum atomic E-state index is -3.57. The molecule has 24 heavy (non-hydrogen) atoms. The number of amides is 1. The number of nitrogens with zero attached hydrogens (tertiary/aromatic N) is 1. The third kappa shape index (κ3) is 2.53. The van der Waals surface area contributed by atoms with Gasteiger partial charge in [0, 0.05) is 12.2 Å². The molecule has 126 valence electrons. The number of hydrogen-bond donors (Lipinski definition) is 0. The fourth-order valence-electron chi connectivity index (χ4n) is 3.36. The average Bonchev–Trinajstić information content (AvgIpc) is 2.75. The number of benzene rings is 2. The van der Waals surface area contributed by atoms with Crippen LogP contribution in [0.2, 0.25) is 0 Å². The number of sulfone groups is 1. The van der Waals surface area contributed by atoms with E-state index in [2.05, 4.69) is 0 Å². The molecular weight excluding hydrogens is 322 g/mol. The molecule has 1 aliphatic rings. The van der Waals surface area contributed by atoms with E-state index in [0.717, 1.165) is 16.8 Å². The van der Waals surface area contributed by atoms with Gasteiger partial charge in [0.25, 0.3) is 0 Å². The lowest BCUT2D eigenvalue weighted by Gasteiger charge is -2.24. The van der Waals surface area contributed by atoms with Crippen molar-refractivity contribution in [2.45, 2.75) is 31.1 Å². The molecule has 1 amide bonds. The Bertz CT molecular complexity index is 887. The molecule has 1 atom stereocenters. The summed E-state index contributed by atoms with van der Waals surface area (Å²) in [6.07, 6.45) is 0. The molecule has 0 saturated carbocycles. The summed E-state index contributed by atoms with van der Waals surface area (Å²) in [5.41, 5.74) is 1.54. The molecule has 3 rings (SSSR count). The first-order valence-electron chi connectivity index (χ1n) is 8.00. The van der Waals surface area contributed by atoms with Crippen molar-refractivity contribution in [3.8, 4) is 0 Å². The quantitative estimate of drug-likeness (QED) is 0.857. The summed E-state index contributed by atoms with van der Waals surface area (Å²) in [5.74, 6) is -0.378. The molecular formula is C19H21NO3S. The first kappa shape index (κ1) is 16.7. The Balaban J connectivity index is 2.05. The summed E-state index contributed by atoms with van der Waals surface area (Å²) in [7, 11) is -3.57. The summed E-state index contributed by atoms with van der Waals surface area (Å²) >= 11 is 0. The van der Waals surface area contributed by atoms with E-state index in [9.17, 15) is 13.2 Å². The number of carbonyl (C=O) groups excluding carboxylic acids is 1. The lowest BCUT2D eigenvalue weighted by Crippen LogP contribution is -2.42. The maximum absolute atomic E-state index is 12.9. The molecule has 2 aromatic carbocycles. The maximum atomic E-state index is 12.9. The number of anilines is 1. The molecule has 0 aliphatic carbocycles. The summed E-state index contributed by atoms with van der Waals surface area (Å²) in [5, 5.41) is 0. The van der Waals surface area contributed by atoms with Crippen LogP contribution in [0.25, 0.3) is 0 Å². The number of aryl methyl sites for hydroxylation is 1. The third-order valence-electron chi connectivity index (χ3n) is 4.68. The average molecular weight is 343 g/mol. The van der Waals surface area contributed by atoms with Crippen LogP contribution >= 0.6 is 0 Å². The van der Waals surface area contributed by atoms with Crippen molar-refractivity contribution < 1.29 is 13.2 Å². The van der Waals surface area contributed by atoms with Gasteiger partial charge >= 0.3 is 0 Å². The van der Waals surface area contributed by atoms with Crippen molar-refractivity contribution in [2.24, 2.45) is 0 Å². The summed E-state index contributed by atoms with van der Waals surface area (Å²) in [4.78, 5) is 14.9. The molecule has 1 aliphatic heterocycles. The predicted molar refractivity (Wildman–Crippen MR) is 95.1 cm³/mol. The van der Waals surface area contributed by atoms with E-state index in [4.69, 9.17) is 0 Å². The third-order valence-corrected chi connectivity index (χ3v) is 6.63. The fourth-order valence-corrected chi connectivity index (χ4v) is 5.12. The Morgan fingerprint density at radius 2 is 1.67 bits per heavy atom. The molecule has 0 spiro atoms. The highest BCUT2D eigenvalue weighted by molar-refractivity contribution is 7.91. The summed E-state index contributed by atoms with van der Waals surface area (Å²) in [6.45, 7) is 6.06. The van der Waals surface area contributed by atoms with Gasteiger partial charge in [-0.2, -0.15) is 0 Å². The zero-order chi connectivity index (χ0) is 17.5. The van der Waals surface area contributed by atoms with Gasteiger partial charge in [-0.25, -0.2) is 8.42 Å². The molecule has 1 heterocycles. The fraction of sp³-hybridized carbons (Fsp3) is 0.316. The van der Waals surface area contributed by atoms with E-state index in [1.807, 2.05) is 38.1 Å². The van der Waals surface area contributed by atoms with Crippen LogP contribution in [0.1, 0.15) is 25.0 Å². The number of hydrogen-bond acceptors (Lipinski definition) is 3. The lowest BCUT2D eigenvalue weighted by molar-refractivity contribution is -0.121. The molecule has 1 unspecified atom stereocenters. The van der Waals surface area contributed by atoms with Gasteiger partial charge in [-0.3, -0.25) is 4.79 Å². The molecule has 2 aromatic rings. The SMILES string of the molecule is CCN1C(=O)C(C)(CS(=O)(=O)c2ccc(C)cc2)c2ccccc21. The standard InChI is InChI=1S/C19H21NO3S/c1-4-20-17-8-6-5-7-16(17)19(3,18(20)21)13-24(22,23)15-11-9-14(2)10-12-15/h5-12H,4,13H2,1-3H3. The topological polar surface area (TPSA) is 54.5 Å². The monoisotopic (exact) mass is 343 g/mol. The number of rotatable bonds is 4. The van der Waals surface area contributed by atoms with Crippen molar-refractivity contribution in [1.82, 2.24) is 0 Å². The van der Waals surface area contributed by atoms with Crippen molar-refractivity contribution in [2.75, 3.05) is 17.2 Å². The molecule has 0 N–H and O–H groups in total. The smallest absolute Gasteiger partial charge is 0.238 e. The number of likely N-dealkylation sites (N-methyl/N-ethyl adjacent to an activating group) is 1. The van der Waals surface area contributed by atoms with Crippen LogP contribution < -0.4 is 4.90 Å². The van der Waals surface area contributed by atoms with Gasteiger partial charge in [-0.15, -0.1) is 0 Å². The van der Waals surface area contributed by atoms with Crippen LogP contribution in [0.4, 0.5) is 5.69 Å². The molecule has 0 saturated heterocycles. The van der Waals surface area contributed by atoms with Gasteiger partial charge < -0.3 is 4.90 Å². The van der Waals surface area contributed by atoms with E-state index >= 15 is 0 Å². The minimum Gasteiger partial charge on any atom is -0.312 e. The molecule has 0 radical (unpaired) electrons. The summed E-state index contributed by atoms with van der Waals surface area (Å²) < 4.78 is 25.8. The van der Waals surface area contributed by atoms with Gasteiger partial charge in [0.2, 0.25) is 5.91 Å². The Hall–Kier alpha value is -2.14. The summed E-state index contributed by atoms with van der Waals surface area (Å²) in [6, 6.07) is 14.2. The number of fused-ring (bicyclic) bond motifs is 1. The Kier molecular flexibility index (Phi) is 4.00. The molecule has 0 fully saturated rings. The van der Waals surface area contributed by atoms with Crippen LogP contribution in [0.5, 0.6) is 0 Å². The van der Waals surface area contributed by atoms with E-state index in [1.54, 1.807) is 36.1 Å². The van der Waals surface area contributed by atoms with Crippen LogP contribution in [0.15, 0.2) is 53.4 Å². The Morgan fingerprint density at radius 1 is 1.04 bits per heavy atom. The van der Waals surface area contributed by atoms with Crippen LogP contribution in [-0.2, 0) is 20.0 Å². The van der Waals surface area contributed by atoms with Crippen molar-refractivity contribution >= 4 is 21.4 Å². The predicted octanol–water partition coefficient (Wildman–Crippen LogP) is 3.09. The molecule has 0 aromatic heterocycles. The van der Waals surface area contributed by atoms with Gasteiger partial charge in [0.1, 0.15) is 0 Å². The largest absolute Gasteiger partial charge is 0.312 e. The van der Waals surface area contributed by atoms with Crippen molar-refractivity contribution in [3.63, 3.8) is 0 Å². The Morgan fingerprint density at radius 3 is 2.29 bits per heavy atom. The van der Waals surface area contributed by atoms with Gasteiger partial charge in [0.05, 0.1) is 16.1 Å². The number of para-hydroxylation sites is 1. The second-order valence-corrected chi connectivity index (χ2v) is 8.46. The number of carbonyl (C=O) groups is 1. The van der Waals surface area contributed by atoms with E-state index in [-0.39, 0.29) is 16.6 Å². The van der Waals surface area contributed by atoms with Crippen molar-refractivity contribution in [3.05, 3.63) is 59.7 Å². The molecule has 5 heteroatoms. The highest BCUT2D eigenvalue weighted by Crippen LogP contribution is 2.43. The van der Waals surface area contributed by atoms with E-state index in [1.165, 1.54) is 0 Å². The van der Waals surface area contributed by atoms with E-state index in [0.29, 0.717) is 6.54 Å². The first-order valence-corrected chi connectivity index (χ1v) is 9.66. The minimum absolute atomic E-state index is 0.151. The second-order valence-electron chi connectivity index (χ2n) is 6.47. The maximum Gasteiger partial charge on any atom is 0.238 e. The van der Waals surface area contributed by atoms with Gasteiger partial charge in [0.15, 0.2) is 9.84 Å². The first-order chi connectivity index (χ1) is 11.3. The van der Waals surface area contributed by atoms with Crippen LogP contribution in [-0.4, -0.2) is 26.6 Å². The highest BCUT2D eigenvalue weighted by Gasteiger charge is 2.49. The lowest BCUT2D eigenvalue weighted by atomic mass is 9.86. The molecule has 4 nitrogen and oxygen atoms in total. The van der Waals surface area contributed by atoms with Gasteiger partial charge in [-0.05, 0) is 44.5 Å². The second kappa shape index (κ2) is 5.74. The van der Waals surface area contributed by atoms with Gasteiger partial charge in [-0.1, -0.05) is 35.9 Å². The van der Waals surface area contributed by atoms with Crippen LogP contribution in [0, 0.1) is 6.92 Å². The molecule has 0 bridgehead atoms. The normalized spacial score (nSPS) is 20.3. The zero-order valence-electron chi connectivity index (χ0n) is 14.1. The highest BCUT2D eigenvalue weighted by atomic mass is 32.2. The Labute approximate surface area is 143 Å². The van der Waals surface area contributed by atoms with E-state index < -0.39 is 15.3 Å². The van der Waals surface area contributed by atoms with Crippen LogP contribution in [0.3, 0.4) is 0 Å².